The van der Waals surface area contributed by atoms with Gasteiger partial charge in [0, 0.05) is 0 Å². The van der Waals surface area contributed by atoms with Crippen LogP contribution in [0.4, 0.5) is 8.78 Å². The van der Waals surface area contributed by atoms with Gasteiger partial charge >= 0.3 is 5.25 Å². The Hall–Kier alpha value is -2.68. The van der Waals surface area contributed by atoms with E-state index in [1.54, 1.807) is 13.8 Å². The van der Waals surface area contributed by atoms with E-state index < -0.39 is 22.0 Å². The fourth-order valence-corrected chi connectivity index (χ4v) is 4.77. The second-order valence-electron chi connectivity index (χ2n) is 6.84. The molecule has 0 unspecified atom stereocenters. The molecule has 3 aromatic rings. The average Bonchev–Trinajstić information content (AvgIpc) is 2.75. The lowest BCUT2D eigenvalue weighted by Gasteiger charge is -2.18. The lowest BCUT2D eigenvalue weighted by atomic mass is 10.4. The standard InChI is InChI=1S/C18H15S.C6H10F2O4S/c1-4-10-16(11-5-1)19(17-12-6-2-7-13-17)18-14-8-3-9-15-18;1-5(2)3-12-4-6(7,8)13(9,10)11/h1-15H;3H,4H2,1-2H3,(H,9,10,11)/q+1;/p-1. The molecule has 0 heterocycles. The lowest BCUT2D eigenvalue weighted by molar-refractivity contribution is 0.0107. The van der Waals surface area contributed by atoms with Crippen LogP contribution in [0.15, 0.2) is 118 Å². The quantitative estimate of drug-likeness (QED) is 0.243. The molecule has 0 aliphatic rings. The zero-order valence-electron chi connectivity index (χ0n) is 17.7. The van der Waals surface area contributed by atoms with Gasteiger partial charge in [-0.25, -0.2) is 8.42 Å². The maximum absolute atomic E-state index is 12.3. The van der Waals surface area contributed by atoms with E-state index in [0.29, 0.717) is 5.57 Å². The highest BCUT2D eigenvalue weighted by atomic mass is 32.2. The summed E-state index contributed by atoms with van der Waals surface area (Å²) in [5, 5.41) is -4.38. The third kappa shape index (κ3) is 7.78. The second-order valence-corrected chi connectivity index (χ2v) is 10.4. The van der Waals surface area contributed by atoms with Crippen molar-refractivity contribution >= 4 is 21.0 Å². The minimum absolute atomic E-state index is 0.0146. The largest absolute Gasteiger partial charge is 0.743 e. The van der Waals surface area contributed by atoms with Gasteiger partial charge in [-0.3, -0.25) is 0 Å². The molecule has 170 valence electrons. The molecule has 0 spiro atoms. The van der Waals surface area contributed by atoms with Crippen LogP contribution in [0.25, 0.3) is 0 Å². The maximum atomic E-state index is 12.3. The molecule has 0 radical (unpaired) electrons. The van der Waals surface area contributed by atoms with Crippen molar-refractivity contribution in [2.75, 3.05) is 6.61 Å². The van der Waals surface area contributed by atoms with Gasteiger partial charge < -0.3 is 9.29 Å². The van der Waals surface area contributed by atoms with E-state index in [1.165, 1.54) is 14.7 Å². The predicted octanol–water partition coefficient (Wildman–Crippen LogP) is 5.85. The van der Waals surface area contributed by atoms with Crippen molar-refractivity contribution in [3.05, 3.63) is 103 Å². The summed E-state index contributed by atoms with van der Waals surface area (Å²) >= 11 is 0. The van der Waals surface area contributed by atoms with Crippen molar-refractivity contribution in [1.29, 1.82) is 0 Å². The van der Waals surface area contributed by atoms with Crippen LogP contribution in [0.3, 0.4) is 0 Å². The van der Waals surface area contributed by atoms with E-state index in [0.717, 1.165) is 6.26 Å². The molecule has 32 heavy (non-hydrogen) atoms. The molecular formula is C24H24F2O4S2. The molecular weight excluding hydrogens is 454 g/mol. The monoisotopic (exact) mass is 478 g/mol. The number of rotatable bonds is 7. The zero-order chi connectivity index (χ0) is 23.6. The third-order valence-electron chi connectivity index (χ3n) is 3.87. The molecule has 0 fully saturated rings. The fourth-order valence-electron chi connectivity index (χ4n) is 2.46. The third-order valence-corrected chi connectivity index (χ3v) is 6.95. The number of hydrogen-bond acceptors (Lipinski definition) is 4. The number of hydrogen-bond donors (Lipinski definition) is 0. The molecule has 8 heteroatoms. The summed E-state index contributed by atoms with van der Waals surface area (Å²) in [5.41, 5.74) is 0.582. The highest BCUT2D eigenvalue weighted by molar-refractivity contribution is 7.97. The molecule has 0 atom stereocenters. The molecule has 3 rings (SSSR count). The number of allylic oxidation sites excluding steroid dienone is 1. The summed E-state index contributed by atoms with van der Waals surface area (Å²) in [7, 11) is -5.65. The summed E-state index contributed by atoms with van der Waals surface area (Å²) in [6.45, 7) is 1.69. The van der Waals surface area contributed by atoms with Gasteiger partial charge in [0.15, 0.2) is 31.4 Å². The smallest absolute Gasteiger partial charge is 0.367 e. The molecule has 0 aliphatic carbocycles. The van der Waals surface area contributed by atoms with Gasteiger partial charge in [-0.05, 0) is 55.8 Å². The first-order chi connectivity index (χ1) is 15.1. The maximum Gasteiger partial charge on any atom is 0.367 e. The normalized spacial score (nSPS) is 11.3. The van der Waals surface area contributed by atoms with Crippen LogP contribution in [0.2, 0.25) is 0 Å². The van der Waals surface area contributed by atoms with E-state index in [-0.39, 0.29) is 10.9 Å². The van der Waals surface area contributed by atoms with Crippen molar-refractivity contribution < 1.29 is 26.5 Å². The Morgan fingerprint density at radius 3 is 1.47 bits per heavy atom. The molecule has 0 aliphatic heterocycles. The van der Waals surface area contributed by atoms with Gasteiger partial charge in [-0.15, -0.1) is 0 Å². The van der Waals surface area contributed by atoms with Gasteiger partial charge in [-0.1, -0.05) is 54.6 Å². The van der Waals surface area contributed by atoms with Crippen molar-refractivity contribution in [3.8, 4) is 0 Å². The number of benzene rings is 3. The summed E-state index contributed by atoms with van der Waals surface area (Å²) in [6.07, 6.45) is 0.957. The first-order valence-corrected chi connectivity index (χ1v) is 12.2. The van der Waals surface area contributed by atoms with Gasteiger partial charge in [0.1, 0.15) is 0 Å². The molecule has 0 saturated carbocycles. The first-order valence-electron chi connectivity index (χ1n) is 9.59. The van der Waals surface area contributed by atoms with Crippen LogP contribution in [-0.2, 0) is 25.7 Å². The highest BCUT2D eigenvalue weighted by Crippen LogP contribution is 2.30. The summed E-state index contributed by atoms with van der Waals surface area (Å²) in [4.78, 5) is 4.08. The van der Waals surface area contributed by atoms with E-state index in [9.17, 15) is 21.8 Å². The number of ether oxygens (including phenoxy) is 1. The Kier molecular flexibility index (Phi) is 9.43. The van der Waals surface area contributed by atoms with Crippen molar-refractivity contribution in [2.24, 2.45) is 0 Å². The number of alkyl halides is 2. The Bertz CT molecular complexity index is 991. The summed E-state index contributed by atoms with van der Waals surface area (Å²) < 4.78 is 58.6. The van der Waals surface area contributed by atoms with Crippen LogP contribution in [0.1, 0.15) is 13.8 Å². The van der Waals surface area contributed by atoms with Crippen molar-refractivity contribution in [1.82, 2.24) is 0 Å². The molecule has 4 nitrogen and oxygen atoms in total. The van der Waals surface area contributed by atoms with E-state index >= 15 is 0 Å². The molecule has 0 bridgehead atoms. The summed E-state index contributed by atoms with van der Waals surface area (Å²) in [6, 6.07) is 32.2. The molecule has 0 N–H and O–H groups in total. The molecule has 0 amide bonds. The van der Waals surface area contributed by atoms with Gasteiger partial charge in [0.25, 0.3) is 0 Å². The minimum Gasteiger partial charge on any atom is -0.743 e. The van der Waals surface area contributed by atoms with E-state index in [2.05, 4.69) is 95.7 Å². The zero-order valence-corrected chi connectivity index (χ0v) is 19.3. The van der Waals surface area contributed by atoms with E-state index in [1.807, 2.05) is 0 Å². The summed E-state index contributed by atoms with van der Waals surface area (Å²) in [5.74, 6) is 0. The van der Waals surface area contributed by atoms with Crippen LogP contribution >= 0.6 is 0 Å². The molecule has 0 aromatic heterocycles. The van der Waals surface area contributed by atoms with Crippen molar-refractivity contribution in [2.45, 2.75) is 33.8 Å². The van der Waals surface area contributed by atoms with Gasteiger partial charge in [0.2, 0.25) is 0 Å². The number of halogens is 2. The van der Waals surface area contributed by atoms with Crippen molar-refractivity contribution in [3.63, 3.8) is 0 Å². The van der Waals surface area contributed by atoms with Crippen LogP contribution in [0.5, 0.6) is 0 Å². The van der Waals surface area contributed by atoms with Gasteiger partial charge in [-0.2, -0.15) is 8.78 Å². The minimum atomic E-state index is -5.64. The Balaban J connectivity index is 0.000000247. The van der Waals surface area contributed by atoms with Gasteiger partial charge in [0.05, 0.1) is 17.2 Å². The highest BCUT2D eigenvalue weighted by Gasteiger charge is 2.38. The molecule has 3 aromatic carbocycles. The Morgan fingerprint density at radius 1 is 0.844 bits per heavy atom. The Morgan fingerprint density at radius 2 is 1.19 bits per heavy atom. The predicted molar refractivity (Wildman–Crippen MR) is 122 cm³/mol. The van der Waals surface area contributed by atoms with Crippen LogP contribution in [0, 0.1) is 0 Å². The lowest BCUT2D eigenvalue weighted by Crippen LogP contribution is -2.33. The van der Waals surface area contributed by atoms with Crippen LogP contribution < -0.4 is 0 Å². The average molecular weight is 479 g/mol. The van der Waals surface area contributed by atoms with E-state index in [4.69, 9.17) is 0 Å². The van der Waals surface area contributed by atoms with Crippen LogP contribution in [-0.4, -0.2) is 24.8 Å². The Labute approximate surface area is 190 Å². The molecule has 0 saturated heterocycles. The second kappa shape index (κ2) is 11.8. The topological polar surface area (TPSA) is 66.4 Å². The SMILES string of the molecule is CC(C)=COCC(F)(F)S(=O)(=O)[O-].c1ccc([S+](c2ccccc2)c2ccccc2)cc1. The first kappa shape index (κ1) is 25.6. The fraction of sp³-hybridized carbons (Fsp3) is 0.167.